The molecule has 3 heteroatoms. The summed E-state index contributed by atoms with van der Waals surface area (Å²) in [5, 5.41) is 0. The third-order valence-electron chi connectivity index (χ3n) is 5.18. The van der Waals surface area contributed by atoms with Crippen LogP contribution in [0.2, 0.25) is 0 Å². The SMILES string of the molecule is CC(C)C1CCC(N)C(N(C)CC2CCCCO2)C1. The first-order valence-corrected chi connectivity index (χ1v) is 8.15. The average molecular weight is 268 g/mol. The zero-order chi connectivity index (χ0) is 13.8. The van der Waals surface area contributed by atoms with E-state index >= 15 is 0 Å². The lowest BCUT2D eigenvalue weighted by atomic mass is 9.76. The zero-order valence-electron chi connectivity index (χ0n) is 13.0. The van der Waals surface area contributed by atoms with Crippen LogP contribution in [0.15, 0.2) is 0 Å². The highest BCUT2D eigenvalue weighted by atomic mass is 16.5. The van der Waals surface area contributed by atoms with E-state index < -0.39 is 0 Å². The van der Waals surface area contributed by atoms with E-state index in [2.05, 4.69) is 25.8 Å². The van der Waals surface area contributed by atoms with Gasteiger partial charge in [-0.1, -0.05) is 13.8 Å². The summed E-state index contributed by atoms with van der Waals surface area (Å²) in [6.07, 6.45) is 7.97. The van der Waals surface area contributed by atoms with E-state index in [0.29, 0.717) is 18.2 Å². The predicted molar refractivity (Wildman–Crippen MR) is 80.2 cm³/mol. The molecule has 112 valence electrons. The molecule has 0 aromatic heterocycles. The Morgan fingerprint density at radius 3 is 2.63 bits per heavy atom. The largest absolute Gasteiger partial charge is 0.377 e. The molecule has 0 aromatic rings. The third-order valence-corrected chi connectivity index (χ3v) is 5.18. The minimum absolute atomic E-state index is 0.351. The van der Waals surface area contributed by atoms with E-state index in [1.54, 1.807) is 0 Å². The summed E-state index contributed by atoms with van der Waals surface area (Å²) in [5.41, 5.74) is 6.36. The molecule has 0 bridgehead atoms. The number of likely N-dealkylation sites (N-methyl/N-ethyl adjacent to an activating group) is 1. The summed E-state index contributed by atoms with van der Waals surface area (Å²) in [5.74, 6) is 1.63. The lowest BCUT2D eigenvalue weighted by Gasteiger charge is -2.42. The maximum atomic E-state index is 6.36. The normalized spacial score (nSPS) is 36.9. The zero-order valence-corrected chi connectivity index (χ0v) is 13.0. The molecule has 1 aliphatic heterocycles. The van der Waals surface area contributed by atoms with Gasteiger partial charge in [0.25, 0.3) is 0 Å². The minimum atomic E-state index is 0.351. The molecule has 2 rings (SSSR count). The van der Waals surface area contributed by atoms with E-state index in [9.17, 15) is 0 Å². The highest BCUT2D eigenvalue weighted by Crippen LogP contribution is 2.32. The van der Waals surface area contributed by atoms with Gasteiger partial charge in [-0.15, -0.1) is 0 Å². The lowest BCUT2D eigenvalue weighted by molar-refractivity contribution is -0.0161. The Labute approximate surface area is 118 Å². The van der Waals surface area contributed by atoms with Crippen LogP contribution in [0.3, 0.4) is 0 Å². The lowest BCUT2D eigenvalue weighted by Crippen LogP contribution is -2.52. The maximum Gasteiger partial charge on any atom is 0.0702 e. The molecule has 2 aliphatic rings. The summed E-state index contributed by atoms with van der Waals surface area (Å²) in [4.78, 5) is 2.48. The van der Waals surface area contributed by atoms with E-state index in [-0.39, 0.29) is 0 Å². The van der Waals surface area contributed by atoms with Gasteiger partial charge in [0, 0.05) is 25.2 Å². The van der Waals surface area contributed by atoms with Crippen LogP contribution in [0.4, 0.5) is 0 Å². The third kappa shape index (κ3) is 4.17. The predicted octanol–water partition coefficient (Wildman–Crippen LogP) is 2.64. The molecule has 4 unspecified atom stereocenters. The molecule has 0 radical (unpaired) electrons. The van der Waals surface area contributed by atoms with E-state index in [0.717, 1.165) is 25.0 Å². The molecule has 1 saturated carbocycles. The maximum absolute atomic E-state index is 6.36. The van der Waals surface area contributed by atoms with Gasteiger partial charge in [-0.05, 0) is 57.4 Å². The molecular weight excluding hydrogens is 236 g/mol. The van der Waals surface area contributed by atoms with Crippen molar-refractivity contribution >= 4 is 0 Å². The second kappa shape index (κ2) is 7.05. The highest BCUT2D eigenvalue weighted by Gasteiger charge is 2.33. The standard InChI is InChI=1S/C16H32N2O/c1-12(2)13-7-8-15(17)16(10-13)18(3)11-14-6-4-5-9-19-14/h12-16H,4-11,17H2,1-3H3. The molecule has 0 amide bonds. The Bertz CT molecular complexity index is 263. The van der Waals surface area contributed by atoms with Crippen LogP contribution in [-0.2, 0) is 4.74 Å². The van der Waals surface area contributed by atoms with Gasteiger partial charge in [-0.25, -0.2) is 0 Å². The molecule has 0 spiro atoms. The number of nitrogens with zero attached hydrogens (tertiary/aromatic N) is 1. The highest BCUT2D eigenvalue weighted by molar-refractivity contribution is 4.90. The summed E-state index contributed by atoms with van der Waals surface area (Å²) in [7, 11) is 2.24. The molecule has 3 nitrogen and oxygen atoms in total. The fraction of sp³-hybridized carbons (Fsp3) is 1.00. The molecule has 1 heterocycles. The fourth-order valence-corrected chi connectivity index (χ4v) is 3.72. The van der Waals surface area contributed by atoms with Gasteiger partial charge in [0.2, 0.25) is 0 Å². The van der Waals surface area contributed by atoms with E-state index in [1.165, 1.54) is 38.5 Å². The molecule has 4 atom stereocenters. The van der Waals surface area contributed by atoms with Crippen molar-refractivity contribution in [2.75, 3.05) is 20.2 Å². The van der Waals surface area contributed by atoms with Crippen LogP contribution in [0, 0.1) is 11.8 Å². The van der Waals surface area contributed by atoms with Crippen molar-refractivity contribution in [3.63, 3.8) is 0 Å². The van der Waals surface area contributed by atoms with Crippen LogP contribution in [0.5, 0.6) is 0 Å². The Balaban J connectivity index is 1.86. The Morgan fingerprint density at radius 1 is 1.21 bits per heavy atom. The fourth-order valence-electron chi connectivity index (χ4n) is 3.72. The van der Waals surface area contributed by atoms with Crippen molar-refractivity contribution in [3.8, 4) is 0 Å². The van der Waals surface area contributed by atoms with Crippen molar-refractivity contribution in [1.29, 1.82) is 0 Å². The van der Waals surface area contributed by atoms with Gasteiger partial charge in [0.05, 0.1) is 6.10 Å². The summed E-state index contributed by atoms with van der Waals surface area (Å²) in [6.45, 7) is 6.71. The molecule has 2 N–H and O–H groups in total. The monoisotopic (exact) mass is 268 g/mol. The topological polar surface area (TPSA) is 38.5 Å². The number of nitrogens with two attached hydrogens (primary N) is 1. The van der Waals surface area contributed by atoms with Crippen LogP contribution < -0.4 is 5.73 Å². The molecular formula is C16H32N2O. The molecule has 0 aromatic carbocycles. The molecule has 1 aliphatic carbocycles. The van der Waals surface area contributed by atoms with E-state index in [1.807, 2.05) is 0 Å². The molecule has 2 fully saturated rings. The van der Waals surface area contributed by atoms with Crippen LogP contribution >= 0.6 is 0 Å². The summed E-state index contributed by atoms with van der Waals surface area (Å²) < 4.78 is 5.87. The average Bonchev–Trinajstić information content (AvgIpc) is 2.40. The first-order valence-electron chi connectivity index (χ1n) is 8.15. The number of hydrogen-bond donors (Lipinski definition) is 1. The first-order chi connectivity index (χ1) is 9.08. The second-order valence-electron chi connectivity index (χ2n) is 6.98. The second-order valence-corrected chi connectivity index (χ2v) is 6.98. The van der Waals surface area contributed by atoms with Crippen LogP contribution in [-0.4, -0.2) is 43.3 Å². The van der Waals surface area contributed by atoms with Crippen LogP contribution in [0.25, 0.3) is 0 Å². The minimum Gasteiger partial charge on any atom is -0.377 e. The van der Waals surface area contributed by atoms with Crippen molar-refractivity contribution in [3.05, 3.63) is 0 Å². The molecule has 19 heavy (non-hydrogen) atoms. The van der Waals surface area contributed by atoms with Gasteiger partial charge in [-0.2, -0.15) is 0 Å². The summed E-state index contributed by atoms with van der Waals surface area (Å²) >= 11 is 0. The number of ether oxygens (including phenoxy) is 1. The van der Waals surface area contributed by atoms with Crippen LogP contribution in [0.1, 0.15) is 52.4 Å². The van der Waals surface area contributed by atoms with Crippen molar-refractivity contribution in [2.24, 2.45) is 17.6 Å². The van der Waals surface area contributed by atoms with Crippen molar-refractivity contribution in [1.82, 2.24) is 4.90 Å². The van der Waals surface area contributed by atoms with E-state index in [4.69, 9.17) is 10.5 Å². The number of rotatable bonds is 4. The van der Waals surface area contributed by atoms with Crippen molar-refractivity contribution in [2.45, 2.75) is 70.6 Å². The smallest absolute Gasteiger partial charge is 0.0702 e. The van der Waals surface area contributed by atoms with Gasteiger partial charge in [0.15, 0.2) is 0 Å². The van der Waals surface area contributed by atoms with Gasteiger partial charge in [-0.3, -0.25) is 4.90 Å². The Morgan fingerprint density at radius 2 is 2.00 bits per heavy atom. The first kappa shape index (κ1) is 15.3. The molecule has 1 saturated heterocycles. The quantitative estimate of drug-likeness (QED) is 0.852. The summed E-state index contributed by atoms with van der Waals surface area (Å²) in [6, 6.07) is 0.898. The van der Waals surface area contributed by atoms with Gasteiger partial charge >= 0.3 is 0 Å². The van der Waals surface area contributed by atoms with Crippen molar-refractivity contribution < 1.29 is 4.74 Å². The number of hydrogen-bond acceptors (Lipinski definition) is 3. The Hall–Kier alpha value is -0.120. The Kier molecular flexibility index (Phi) is 5.67. The van der Waals surface area contributed by atoms with Gasteiger partial charge < -0.3 is 10.5 Å². The van der Waals surface area contributed by atoms with Gasteiger partial charge in [0.1, 0.15) is 0 Å².